The second-order valence-electron chi connectivity index (χ2n) is 6.66. The van der Waals surface area contributed by atoms with Crippen LogP contribution in [0.5, 0.6) is 5.75 Å². The zero-order chi connectivity index (χ0) is 21.6. The van der Waals surface area contributed by atoms with Gasteiger partial charge in [0.2, 0.25) is 0 Å². The zero-order valence-electron chi connectivity index (χ0n) is 17.3. The number of thioether (sulfide) groups is 1. The number of aryl methyl sites for hydroxylation is 1. The molecule has 31 heavy (non-hydrogen) atoms. The molecule has 0 saturated carbocycles. The maximum absolute atomic E-state index is 6.47. The number of ether oxygens (including phenoxy) is 1. The summed E-state index contributed by atoms with van der Waals surface area (Å²) in [6.45, 7) is 5.45. The van der Waals surface area contributed by atoms with Gasteiger partial charge in [0, 0.05) is 17.8 Å². The first-order chi connectivity index (χ1) is 15.2. The van der Waals surface area contributed by atoms with Gasteiger partial charge in [0.15, 0.2) is 16.8 Å². The number of rotatable bonds is 9. The Morgan fingerprint density at radius 3 is 2.55 bits per heavy atom. The standard InChI is InChI=1S/C21H22ClN7OS/c1-3-13-28-19(23-26-27-28)14-31-21-25-24-20(17-7-5-6-8-18(17)22)29(21)15-9-11-16(12-10-15)30-4-2/h5-12H,3-4,13-14H2,1-2H3. The zero-order valence-corrected chi connectivity index (χ0v) is 18.8. The molecule has 0 saturated heterocycles. The molecule has 2 heterocycles. The van der Waals surface area contributed by atoms with Crippen molar-refractivity contribution in [2.45, 2.75) is 37.7 Å². The molecule has 0 atom stereocenters. The molecule has 0 aliphatic carbocycles. The van der Waals surface area contributed by atoms with Crippen molar-refractivity contribution in [3.8, 4) is 22.8 Å². The highest BCUT2D eigenvalue weighted by Crippen LogP contribution is 2.33. The number of nitrogens with zero attached hydrogens (tertiary/aromatic N) is 7. The first-order valence-corrected chi connectivity index (χ1v) is 11.4. The van der Waals surface area contributed by atoms with Crippen LogP contribution < -0.4 is 4.74 Å². The lowest BCUT2D eigenvalue weighted by Crippen LogP contribution is -2.05. The monoisotopic (exact) mass is 455 g/mol. The van der Waals surface area contributed by atoms with Gasteiger partial charge in [0.05, 0.1) is 17.4 Å². The molecular weight excluding hydrogens is 434 g/mol. The van der Waals surface area contributed by atoms with Crippen molar-refractivity contribution in [1.82, 2.24) is 35.0 Å². The van der Waals surface area contributed by atoms with Gasteiger partial charge in [-0.15, -0.1) is 15.3 Å². The molecule has 4 rings (SSSR count). The average molecular weight is 456 g/mol. The first kappa shape index (κ1) is 21.3. The lowest BCUT2D eigenvalue weighted by Gasteiger charge is -2.12. The van der Waals surface area contributed by atoms with E-state index in [-0.39, 0.29) is 0 Å². The third kappa shape index (κ3) is 4.72. The Kier molecular flexibility index (Phi) is 6.83. The molecule has 0 unspecified atom stereocenters. The van der Waals surface area contributed by atoms with Gasteiger partial charge in [0.1, 0.15) is 5.75 Å². The van der Waals surface area contributed by atoms with Crippen LogP contribution in [0.2, 0.25) is 5.02 Å². The number of halogens is 1. The smallest absolute Gasteiger partial charge is 0.196 e. The summed E-state index contributed by atoms with van der Waals surface area (Å²) in [7, 11) is 0. The SMILES string of the molecule is CCCn1nnnc1CSc1nnc(-c2ccccc2Cl)n1-c1ccc(OCC)cc1. The normalized spacial score (nSPS) is 11.1. The molecule has 0 N–H and O–H groups in total. The summed E-state index contributed by atoms with van der Waals surface area (Å²) in [5.41, 5.74) is 1.73. The van der Waals surface area contributed by atoms with Crippen LogP contribution in [0.1, 0.15) is 26.1 Å². The molecule has 0 aliphatic rings. The fourth-order valence-electron chi connectivity index (χ4n) is 3.11. The van der Waals surface area contributed by atoms with E-state index in [0.29, 0.717) is 23.2 Å². The molecule has 0 radical (unpaired) electrons. The Morgan fingerprint density at radius 2 is 1.81 bits per heavy atom. The summed E-state index contributed by atoms with van der Waals surface area (Å²) < 4.78 is 9.40. The third-order valence-electron chi connectivity index (χ3n) is 4.53. The van der Waals surface area contributed by atoms with Crippen molar-refractivity contribution in [2.24, 2.45) is 0 Å². The lowest BCUT2D eigenvalue weighted by atomic mass is 10.2. The van der Waals surface area contributed by atoms with E-state index < -0.39 is 0 Å². The molecule has 0 spiro atoms. The maximum Gasteiger partial charge on any atom is 0.196 e. The largest absolute Gasteiger partial charge is 0.494 e. The summed E-state index contributed by atoms with van der Waals surface area (Å²) >= 11 is 8.00. The van der Waals surface area contributed by atoms with Gasteiger partial charge in [-0.1, -0.05) is 42.4 Å². The van der Waals surface area contributed by atoms with Crippen LogP contribution in [-0.2, 0) is 12.3 Å². The van der Waals surface area contributed by atoms with Gasteiger partial charge in [0.25, 0.3) is 0 Å². The topological polar surface area (TPSA) is 83.5 Å². The van der Waals surface area contributed by atoms with Gasteiger partial charge >= 0.3 is 0 Å². The molecule has 0 fully saturated rings. The van der Waals surface area contributed by atoms with Crippen molar-refractivity contribution in [2.75, 3.05) is 6.61 Å². The summed E-state index contributed by atoms with van der Waals surface area (Å²) in [6, 6.07) is 15.5. The van der Waals surface area contributed by atoms with E-state index in [9.17, 15) is 0 Å². The van der Waals surface area contributed by atoms with Crippen molar-refractivity contribution < 1.29 is 4.74 Å². The molecule has 2 aromatic heterocycles. The van der Waals surface area contributed by atoms with Crippen LogP contribution in [0, 0.1) is 0 Å². The first-order valence-electron chi connectivity index (χ1n) is 10.0. The third-order valence-corrected chi connectivity index (χ3v) is 5.78. The van der Waals surface area contributed by atoms with Crippen molar-refractivity contribution in [3.63, 3.8) is 0 Å². The number of tetrazole rings is 1. The van der Waals surface area contributed by atoms with E-state index >= 15 is 0 Å². The Morgan fingerprint density at radius 1 is 1.00 bits per heavy atom. The highest BCUT2D eigenvalue weighted by atomic mass is 35.5. The van der Waals surface area contributed by atoms with Gasteiger partial charge < -0.3 is 4.74 Å². The highest BCUT2D eigenvalue weighted by molar-refractivity contribution is 7.98. The minimum atomic E-state index is 0.574. The molecular formula is C21H22ClN7OS. The van der Waals surface area contributed by atoms with Crippen molar-refractivity contribution in [1.29, 1.82) is 0 Å². The Hall–Kier alpha value is -2.91. The number of benzene rings is 2. The summed E-state index contributed by atoms with van der Waals surface area (Å²) in [4.78, 5) is 0. The van der Waals surface area contributed by atoms with E-state index in [1.54, 1.807) is 0 Å². The van der Waals surface area contributed by atoms with Crippen LogP contribution in [0.4, 0.5) is 0 Å². The van der Waals surface area contributed by atoms with Crippen LogP contribution in [0.3, 0.4) is 0 Å². The van der Waals surface area contributed by atoms with Gasteiger partial charge in [-0.2, -0.15) is 0 Å². The van der Waals surface area contributed by atoms with Gasteiger partial charge in [-0.3, -0.25) is 4.57 Å². The van der Waals surface area contributed by atoms with E-state index in [1.165, 1.54) is 11.8 Å². The van der Waals surface area contributed by atoms with Gasteiger partial charge in [-0.05, 0) is 60.2 Å². The molecule has 10 heteroatoms. The van der Waals surface area contributed by atoms with Gasteiger partial charge in [-0.25, -0.2) is 4.68 Å². The summed E-state index contributed by atoms with van der Waals surface area (Å²) in [5, 5.41) is 22.3. The number of hydrogen-bond donors (Lipinski definition) is 0. The maximum atomic E-state index is 6.47. The highest BCUT2D eigenvalue weighted by Gasteiger charge is 2.19. The molecule has 4 aromatic rings. The average Bonchev–Trinajstić information content (AvgIpc) is 3.40. The minimum absolute atomic E-state index is 0.574. The van der Waals surface area contributed by atoms with Crippen molar-refractivity contribution in [3.05, 3.63) is 59.4 Å². The minimum Gasteiger partial charge on any atom is -0.494 e. The molecule has 0 bridgehead atoms. The Balaban J connectivity index is 1.71. The lowest BCUT2D eigenvalue weighted by molar-refractivity contribution is 0.340. The van der Waals surface area contributed by atoms with Crippen molar-refractivity contribution >= 4 is 23.4 Å². The fraction of sp³-hybridized carbons (Fsp3) is 0.286. The molecule has 0 amide bonds. The van der Waals surface area contributed by atoms with E-state index in [0.717, 1.165) is 40.9 Å². The second kappa shape index (κ2) is 9.93. The predicted octanol–water partition coefficient (Wildman–Crippen LogP) is 4.68. The van der Waals surface area contributed by atoms with E-state index in [1.807, 2.05) is 64.7 Å². The molecule has 160 valence electrons. The Bertz CT molecular complexity index is 1140. The number of aromatic nitrogens is 7. The summed E-state index contributed by atoms with van der Waals surface area (Å²) in [6.07, 6.45) is 0.960. The van der Waals surface area contributed by atoms with Crippen LogP contribution in [0.15, 0.2) is 53.7 Å². The van der Waals surface area contributed by atoms with E-state index in [4.69, 9.17) is 16.3 Å². The molecule has 8 nitrogen and oxygen atoms in total. The quantitative estimate of drug-likeness (QED) is 0.339. The molecule has 0 aliphatic heterocycles. The van der Waals surface area contributed by atoms with Crippen LogP contribution in [0.25, 0.3) is 17.1 Å². The van der Waals surface area contributed by atoms with Crippen LogP contribution in [-0.4, -0.2) is 41.6 Å². The summed E-state index contributed by atoms with van der Waals surface area (Å²) in [5.74, 6) is 2.86. The second-order valence-corrected chi connectivity index (χ2v) is 8.00. The fourth-order valence-corrected chi connectivity index (χ4v) is 4.22. The molecule has 2 aromatic carbocycles. The van der Waals surface area contributed by atoms with E-state index in [2.05, 4.69) is 32.6 Å². The number of hydrogen-bond acceptors (Lipinski definition) is 7. The Labute approximate surface area is 189 Å². The van der Waals surface area contributed by atoms with Crippen LogP contribution >= 0.6 is 23.4 Å². The predicted molar refractivity (Wildman–Crippen MR) is 121 cm³/mol.